The number of amides is 3. The molecule has 1 unspecified atom stereocenters. The summed E-state index contributed by atoms with van der Waals surface area (Å²) in [7, 11) is 0. The molecule has 1 saturated carbocycles. The highest BCUT2D eigenvalue weighted by Crippen LogP contribution is 2.33. The Morgan fingerprint density at radius 2 is 1.91 bits per heavy atom. The highest BCUT2D eigenvalue weighted by Gasteiger charge is 2.39. The molecule has 10 nitrogen and oxygen atoms in total. The quantitative estimate of drug-likeness (QED) is 0.501. The summed E-state index contributed by atoms with van der Waals surface area (Å²) in [5.41, 5.74) is 0.330. The third-order valence-electron chi connectivity index (χ3n) is 6.90. The number of aliphatic hydroxyl groups is 1. The Bertz CT molecular complexity index is 1290. The van der Waals surface area contributed by atoms with Crippen molar-refractivity contribution < 1.29 is 14.7 Å². The molecule has 2 fully saturated rings. The maximum atomic E-state index is 13.1. The van der Waals surface area contributed by atoms with E-state index in [-0.39, 0.29) is 36.0 Å². The van der Waals surface area contributed by atoms with Crippen molar-refractivity contribution in [2.24, 2.45) is 5.92 Å². The van der Waals surface area contributed by atoms with Crippen molar-refractivity contribution in [3.05, 3.63) is 64.8 Å². The minimum atomic E-state index is -1.08. The van der Waals surface area contributed by atoms with Gasteiger partial charge in [0.25, 0.3) is 5.56 Å². The van der Waals surface area contributed by atoms with Crippen molar-refractivity contribution >= 4 is 23.1 Å². The maximum Gasteiger partial charge on any atom is 0.319 e. The first kappa shape index (κ1) is 23.1. The van der Waals surface area contributed by atoms with Crippen LogP contribution in [0.5, 0.6) is 0 Å². The third kappa shape index (κ3) is 5.07. The molecule has 2 aliphatic rings. The Labute approximate surface area is 202 Å². The molecule has 1 aromatic carbocycles. The number of rotatable bonds is 6. The number of aromatic nitrogens is 3. The van der Waals surface area contributed by atoms with Crippen molar-refractivity contribution in [2.75, 3.05) is 18.4 Å². The number of urea groups is 1. The average molecular weight is 479 g/mol. The summed E-state index contributed by atoms with van der Waals surface area (Å²) in [6.07, 6.45) is 5.72. The number of nitrogens with zero attached hydrogens (tertiary/aromatic N) is 4. The summed E-state index contributed by atoms with van der Waals surface area (Å²) in [5, 5.41) is 21.0. The number of hydrogen-bond donors (Lipinski definition) is 3. The first-order chi connectivity index (χ1) is 16.8. The summed E-state index contributed by atoms with van der Waals surface area (Å²) in [5.74, 6) is 0.346. The highest BCUT2D eigenvalue weighted by atomic mass is 16.3. The zero-order valence-electron chi connectivity index (χ0n) is 19.7. The number of likely N-dealkylation sites (tertiary alicyclic amines) is 1. The van der Waals surface area contributed by atoms with Crippen LogP contribution in [0.1, 0.15) is 44.2 Å². The summed E-state index contributed by atoms with van der Waals surface area (Å²) < 4.78 is 2.81. The predicted molar refractivity (Wildman–Crippen MR) is 130 cm³/mol. The second-order valence-electron chi connectivity index (χ2n) is 9.68. The molecule has 10 heteroatoms. The lowest BCUT2D eigenvalue weighted by molar-refractivity contribution is -0.137. The topological polar surface area (TPSA) is 121 Å². The van der Waals surface area contributed by atoms with E-state index >= 15 is 0 Å². The van der Waals surface area contributed by atoms with E-state index in [0.717, 1.165) is 18.4 Å². The van der Waals surface area contributed by atoms with Crippen LogP contribution in [0.15, 0.2) is 53.7 Å². The second kappa shape index (κ2) is 9.18. The molecular weight excluding hydrogens is 448 g/mol. The number of piperidine rings is 1. The molecule has 0 bridgehead atoms. The molecular formula is C25H30N6O4. The largest absolute Gasteiger partial charge is 0.388 e. The number of carbonyl (C=O) groups is 2. The molecule has 5 rings (SSSR count). The van der Waals surface area contributed by atoms with Gasteiger partial charge in [-0.05, 0) is 44.2 Å². The van der Waals surface area contributed by atoms with Crippen LogP contribution >= 0.6 is 0 Å². The second-order valence-corrected chi connectivity index (χ2v) is 9.68. The van der Waals surface area contributed by atoms with Crippen LogP contribution in [-0.4, -0.2) is 54.8 Å². The third-order valence-corrected chi connectivity index (χ3v) is 6.90. The van der Waals surface area contributed by atoms with E-state index in [9.17, 15) is 19.5 Å². The number of benzene rings is 1. The lowest BCUT2D eigenvalue weighted by atomic mass is 9.91. The minimum Gasteiger partial charge on any atom is -0.388 e. The number of hydrogen-bond acceptors (Lipinski definition) is 5. The summed E-state index contributed by atoms with van der Waals surface area (Å²) in [6, 6.07) is 10.6. The Balaban J connectivity index is 1.23. The molecule has 3 amide bonds. The average Bonchev–Trinajstić information content (AvgIpc) is 3.62. The van der Waals surface area contributed by atoms with Gasteiger partial charge < -0.3 is 20.6 Å². The van der Waals surface area contributed by atoms with E-state index in [4.69, 9.17) is 0 Å². The molecule has 2 aromatic heterocycles. The Morgan fingerprint density at radius 3 is 2.60 bits per heavy atom. The van der Waals surface area contributed by atoms with Crippen LogP contribution in [0.25, 0.3) is 5.52 Å². The van der Waals surface area contributed by atoms with E-state index in [0.29, 0.717) is 37.1 Å². The highest BCUT2D eigenvalue weighted by molar-refractivity contribution is 5.90. The molecule has 1 atom stereocenters. The van der Waals surface area contributed by atoms with Gasteiger partial charge in [0.05, 0.1) is 30.1 Å². The van der Waals surface area contributed by atoms with E-state index in [1.807, 2.05) is 42.2 Å². The predicted octanol–water partition coefficient (Wildman–Crippen LogP) is 2.14. The summed E-state index contributed by atoms with van der Waals surface area (Å²) >= 11 is 0. The van der Waals surface area contributed by atoms with Gasteiger partial charge in [0.1, 0.15) is 11.8 Å². The lowest BCUT2D eigenvalue weighted by Crippen LogP contribution is -2.50. The SMILES string of the molecule is CC(NC(=O)Nc1cc2c(=O)n(CC3(O)CCN(C(=O)C4CC4)CC3)cnn2c1)c1ccccc1. The van der Waals surface area contributed by atoms with Gasteiger partial charge in [0.2, 0.25) is 5.91 Å². The molecule has 1 aliphatic heterocycles. The van der Waals surface area contributed by atoms with Crippen LogP contribution in [-0.2, 0) is 11.3 Å². The van der Waals surface area contributed by atoms with Crippen LogP contribution in [0.2, 0.25) is 0 Å². The smallest absolute Gasteiger partial charge is 0.319 e. The molecule has 0 radical (unpaired) electrons. The number of nitrogens with one attached hydrogen (secondary N) is 2. The molecule has 3 aromatic rings. The zero-order valence-corrected chi connectivity index (χ0v) is 19.7. The molecule has 1 saturated heterocycles. The van der Waals surface area contributed by atoms with Gasteiger partial charge in [0, 0.05) is 19.0 Å². The van der Waals surface area contributed by atoms with Crippen molar-refractivity contribution in [2.45, 2.75) is 50.8 Å². The van der Waals surface area contributed by atoms with E-state index < -0.39 is 5.60 Å². The fourth-order valence-electron chi connectivity index (χ4n) is 4.60. The van der Waals surface area contributed by atoms with Gasteiger partial charge >= 0.3 is 6.03 Å². The van der Waals surface area contributed by atoms with Gasteiger partial charge in [-0.15, -0.1) is 0 Å². The Hall–Kier alpha value is -3.66. The Kier molecular flexibility index (Phi) is 6.06. The minimum absolute atomic E-state index is 0.101. The maximum absolute atomic E-state index is 13.1. The van der Waals surface area contributed by atoms with Crippen molar-refractivity contribution in [1.29, 1.82) is 0 Å². The van der Waals surface area contributed by atoms with Crippen molar-refractivity contribution in [3.63, 3.8) is 0 Å². The molecule has 3 N–H and O–H groups in total. The van der Waals surface area contributed by atoms with Gasteiger partial charge in [-0.3, -0.25) is 14.2 Å². The number of anilines is 1. The molecule has 184 valence electrons. The molecule has 1 aliphatic carbocycles. The van der Waals surface area contributed by atoms with E-state index in [2.05, 4.69) is 15.7 Å². The number of carbonyl (C=O) groups excluding carboxylic acids is 2. The zero-order chi connectivity index (χ0) is 24.6. The summed E-state index contributed by atoms with van der Waals surface area (Å²) in [6.45, 7) is 2.98. The number of fused-ring (bicyclic) bond motifs is 1. The fourth-order valence-corrected chi connectivity index (χ4v) is 4.60. The van der Waals surface area contributed by atoms with Gasteiger partial charge in [-0.25, -0.2) is 9.31 Å². The first-order valence-electron chi connectivity index (χ1n) is 12.0. The standard InChI is InChI=1S/C25H30N6O4/c1-17(18-5-3-2-4-6-18)27-24(34)28-20-13-21-23(33)30(16-26-31(21)14-20)15-25(35)9-11-29(12-10-25)22(32)19-7-8-19/h2-6,13-14,16-17,19,35H,7-12,15H2,1H3,(H2,27,28,34). The normalized spacial score (nSPS) is 18.3. The van der Waals surface area contributed by atoms with Crippen LogP contribution in [0, 0.1) is 5.92 Å². The Morgan fingerprint density at radius 1 is 1.20 bits per heavy atom. The molecule has 35 heavy (non-hydrogen) atoms. The van der Waals surface area contributed by atoms with Crippen molar-refractivity contribution in [1.82, 2.24) is 24.4 Å². The molecule has 3 heterocycles. The van der Waals surface area contributed by atoms with Crippen LogP contribution < -0.4 is 16.2 Å². The van der Waals surface area contributed by atoms with Gasteiger partial charge in [0.15, 0.2) is 0 Å². The van der Waals surface area contributed by atoms with Crippen LogP contribution in [0.3, 0.4) is 0 Å². The fraction of sp³-hybridized carbons (Fsp3) is 0.440. The van der Waals surface area contributed by atoms with E-state index in [1.165, 1.54) is 15.4 Å². The van der Waals surface area contributed by atoms with Crippen molar-refractivity contribution in [3.8, 4) is 0 Å². The first-order valence-corrected chi connectivity index (χ1v) is 12.0. The van der Waals surface area contributed by atoms with Crippen LogP contribution in [0.4, 0.5) is 10.5 Å². The van der Waals surface area contributed by atoms with E-state index in [1.54, 1.807) is 12.3 Å². The van der Waals surface area contributed by atoms with Gasteiger partial charge in [-0.2, -0.15) is 5.10 Å². The summed E-state index contributed by atoms with van der Waals surface area (Å²) in [4.78, 5) is 39.6. The monoisotopic (exact) mass is 478 g/mol. The molecule has 0 spiro atoms. The van der Waals surface area contributed by atoms with Gasteiger partial charge in [-0.1, -0.05) is 30.3 Å². The lowest BCUT2D eigenvalue weighted by Gasteiger charge is -2.38.